The predicted molar refractivity (Wildman–Crippen MR) is 92.4 cm³/mol. The van der Waals surface area contributed by atoms with E-state index in [1.54, 1.807) is 0 Å². The molecule has 0 amide bonds. The summed E-state index contributed by atoms with van der Waals surface area (Å²) >= 11 is 5.90. The lowest BCUT2D eigenvalue weighted by atomic mass is 10.0. The molecule has 1 atom stereocenters. The Kier molecular flexibility index (Phi) is 4.46. The number of benzene rings is 2. The maximum absolute atomic E-state index is 13.7. The Morgan fingerprint density at radius 3 is 2.87 bits per heavy atom. The van der Waals surface area contributed by atoms with Crippen molar-refractivity contribution < 1.29 is 9.13 Å². The molecule has 2 aromatic rings. The molecular weight excluding hydrogens is 315 g/mol. The number of rotatable bonds is 4. The molecule has 5 heteroatoms. The van der Waals surface area contributed by atoms with Gasteiger partial charge in [0.1, 0.15) is 17.3 Å². The molecule has 0 saturated carbocycles. The average Bonchev–Trinajstić information content (AvgIpc) is 2.79. The van der Waals surface area contributed by atoms with Gasteiger partial charge in [0.05, 0.1) is 5.02 Å². The predicted octanol–water partition coefficient (Wildman–Crippen LogP) is 4.33. The Morgan fingerprint density at radius 2 is 2.13 bits per heavy atom. The number of halogens is 2. The molecule has 2 aromatic carbocycles. The summed E-state index contributed by atoms with van der Waals surface area (Å²) in [5, 5.41) is 0.0510. The Bertz CT molecular complexity index is 735. The zero-order valence-corrected chi connectivity index (χ0v) is 14.0. The Labute approximate surface area is 140 Å². The summed E-state index contributed by atoms with van der Waals surface area (Å²) in [6.07, 6.45) is 0.535. The number of likely N-dealkylation sites (N-methyl/N-ethyl adjacent to an activating group) is 1. The van der Waals surface area contributed by atoms with E-state index < -0.39 is 5.82 Å². The van der Waals surface area contributed by atoms with Crippen LogP contribution in [-0.2, 0) is 6.42 Å². The van der Waals surface area contributed by atoms with E-state index in [9.17, 15) is 4.39 Å². The number of nitrogens with two attached hydrogens (primary N) is 1. The summed E-state index contributed by atoms with van der Waals surface area (Å²) in [6.45, 7) is 3.61. The van der Waals surface area contributed by atoms with Crippen molar-refractivity contribution in [3.8, 4) is 11.5 Å². The molecule has 0 aromatic heterocycles. The molecule has 1 unspecified atom stereocenters. The second-order valence-corrected chi connectivity index (χ2v) is 6.42. The molecule has 0 bridgehead atoms. The average molecular weight is 335 g/mol. The van der Waals surface area contributed by atoms with Gasteiger partial charge in [0.15, 0.2) is 0 Å². The van der Waals surface area contributed by atoms with Crippen LogP contribution in [0.15, 0.2) is 30.3 Å². The lowest BCUT2D eigenvalue weighted by molar-refractivity contribution is 0.473. The summed E-state index contributed by atoms with van der Waals surface area (Å²) < 4.78 is 19.6. The van der Waals surface area contributed by atoms with E-state index in [2.05, 4.69) is 24.9 Å². The van der Waals surface area contributed by atoms with Gasteiger partial charge in [-0.3, -0.25) is 0 Å². The largest absolute Gasteiger partial charge is 0.457 e. The molecule has 1 heterocycles. The molecule has 2 N–H and O–H groups in total. The molecule has 1 aliphatic rings. The van der Waals surface area contributed by atoms with Crippen LogP contribution in [0.2, 0.25) is 5.02 Å². The van der Waals surface area contributed by atoms with E-state index in [0.29, 0.717) is 24.6 Å². The van der Waals surface area contributed by atoms with Gasteiger partial charge in [-0.1, -0.05) is 18.5 Å². The highest BCUT2D eigenvalue weighted by molar-refractivity contribution is 6.30. The smallest absolute Gasteiger partial charge is 0.142 e. The molecule has 0 aliphatic carbocycles. The van der Waals surface area contributed by atoms with Crippen LogP contribution in [0.3, 0.4) is 0 Å². The zero-order valence-electron chi connectivity index (χ0n) is 13.3. The fourth-order valence-corrected chi connectivity index (χ4v) is 3.24. The quantitative estimate of drug-likeness (QED) is 0.904. The van der Waals surface area contributed by atoms with Crippen LogP contribution in [0.5, 0.6) is 11.5 Å². The fourth-order valence-electron chi connectivity index (χ4n) is 3.09. The van der Waals surface area contributed by atoms with Gasteiger partial charge < -0.3 is 15.4 Å². The minimum Gasteiger partial charge on any atom is -0.457 e. The molecule has 0 saturated heterocycles. The Balaban J connectivity index is 1.94. The molecule has 0 radical (unpaired) electrons. The third kappa shape index (κ3) is 3.14. The van der Waals surface area contributed by atoms with E-state index in [4.69, 9.17) is 22.1 Å². The molecule has 0 spiro atoms. The fraction of sp³-hybridized carbons (Fsp3) is 0.333. The van der Waals surface area contributed by atoms with Gasteiger partial charge in [-0.15, -0.1) is 0 Å². The topological polar surface area (TPSA) is 38.5 Å². The second-order valence-electron chi connectivity index (χ2n) is 6.02. The van der Waals surface area contributed by atoms with Gasteiger partial charge in [-0.05, 0) is 48.4 Å². The first-order chi connectivity index (χ1) is 11.0. The van der Waals surface area contributed by atoms with Crippen molar-refractivity contribution in [1.29, 1.82) is 0 Å². The highest BCUT2D eigenvalue weighted by atomic mass is 35.5. The van der Waals surface area contributed by atoms with Gasteiger partial charge in [0.2, 0.25) is 0 Å². The van der Waals surface area contributed by atoms with Gasteiger partial charge >= 0.3 is 0 Å². The van der Waals surface area contributed by atoms with Crippen LogP contribution in [-0.4, -0.2) is 20.1 Å². The normalized spacial score (nSPS) is 16.6. The molecule has 0 fully saturated rings. The van der Waals surface area contributed by atoms with Crippen LogP contribution in [0.4, 0.5) is 10.1 Å². The van der Waals surface area contributed by atoms with E-state index in [1.165, 1.54) is 23.4 Å². The van der Waals surface area contributed by atoms with Crippen molar-refractivity contribution in [2.45, 2.75) is 19.3 Å². The number of hydrogen-bond acceptors (Lipinski definition) is 3. The van der Waals surface area contributed by atoms with Gasteiger partial charge in [0, 0.05) is 31.3 Å². The third-order valence-corrected chi connectivity index (χ3v) is 4.52. The highest BCUT2D eigenvalue weighted by Crippen LogP contribution is 2.39. The Morgan fingerprint density at radius 1 is 1.35 bits per heavy atom. The van der Waals surface area contributed by atoms with Gasteiger partial charge in [0.25, 0.3) is 0 Å². The van der Waals surface area contributed by atoms with E-state index >= 15 is 0 Å². The lowest BCUT2D eigenvalue weighted by Crippen LogP contribution is -2.13. The van der Waals surface area contributed by atoms with Crippen LogP contribution < -0.4 is 15.4 Å². The van der Waals surface area contributed by atoms with Crippen LogP contribution in [0, 0.1) is 5.82 Å². The maximum Gasteiger partial charge on any atom is 0.142 e. The monoisotopic (exact) mass is 334 g/mol. The van der Waals surface area contributed by atoms with E-state index in [0.717, 1.165) is 17.9 Å². The van der Waals surface area contributed by atoms with Crippen molar-refractivity contribution in [2.75, 3.05) is 25.0 Å². The number of fused-ring (bicyclic) bond motifs is 1. The lowest BCUT2D eigenvalue weighted by Gasteiger charge is -2.14. The van der Waals surface area contributed by atoms with Crippen molar-refractivity contribution in [1.82, 2.24) is 0 Å². The molecular formula is C18H20ClFN2O. The van der Waals surface area contributed by atoms with Crippen molar-refractivity contribution in [3.63, 3.8) is 0 Å². The van der Waals surface area contributed by atoms with Crippen molar-refractivity contribution >= 4 is 17.3 Å². The first-order valence-electron chi connectivity index (χ1n) is 7.70. The molecule has 23 heavy (non-hydrogen) atoms. The summed E-state index contributed by atoms with van der Waals surface area (Å²) in [4.78, 5) is 2.23. The van der Waals surface area contributed by atoms with Crippen molar-refractivity contribution in [3.05, 3.63) is 52.3 Å². The van der Waals surface area contributed by atoms with Crippen LogP contribution in [0.25, 0.3) is 0 Å². The number of nitrogens with zero attached hydrogens (tertiary/aromatic N) is 1. The molecule has 1 aliphatic heterocycles. The first-order valence-corrected chi connectivity index (χ1v) is 8.08. The summed E-state index contributed by atoms with van der Waals surface area (Å²) in [7, 11) is 2.09. The molecule has 3 rings (SSSR count). The number of hydrogen-bond donors (Lipinski definition) is 1. The SMILES string of the molecule is CC1CN(C)c2ccc(Oc3cc(Cl)c(F)cc3CCN)cc21. The van der Waals surface area contributed by atoms with Gasteiger partial charge in [-0.25, -0.2) is 4.39 Å². The van der Waals surface area contributed by atoms with E-state index in [1.807, 2.05) is 12.1 Å². The highest BCUT2D eigenvalue weighted by Gasteiger charge is 2.23. The summed E-state index contributed by atoms with van der Waals surface area (Å²) in [6, 6.07) is 8.95. The standard InChI is InChI=1S/C18H20ClFN2O/c1-11-10-22(2)17-4-3-13(8-14(11)17)23-18-9-15(19)16(20)7-12(18)5-6-21/h3-4,7-9,11H,5-6,10,21H2,1-2H3. The minimum absolute atomic E-state index is 0.0510. The number of anilines is 1. The first kappa shape index (κ1) is 16.1. The summed E-state index contributed by atoms with van der Waals surface area (Å²) in [5.41, 5.74) is 8.81. The minimum atomic E-state index is -0.452. The maximum atomic E-state index is 13.7. The summed E-state index contributed by atoms with van der Waals surface area (Å²) in [5.74, 6) is 1.29. The Hall–Kier alpha value is -1.78. The molecule has 3 nitrogen and oxygen atoms in total. The zero-order chi connectivity index (χ0) is 16.6. The van der Waals surface area contributed by atoms with E-state index in [-0.39, 0.29) is 5.02 Å². The number of ether oxygens (including phenoxy) is 1. The third-order valence-electron chi connectivity index (χ3n) is 4.23. The van der Waals surface area contributed by atoms with Crippen LogP contribution in [0.1, 0.15) is 24.0 Å². The van der Waals surface area contributed by atoms with Crippen LogP contribution >= 0.6 is 11.6 Å². The van der Waals surface area contributed by atoms with Crippen molar-refractivity contribution in [2.24, 2.45) is 5.73 Å². The molecule has 122 valence electrons. The van der Waals surface area contributed by atoms with Gasteiger partial charge in [-0.2, -0.15) is 0 Å². The second kappa shape index (κ2) is 6.38.